The molecule has 1 aliphatic rings. The number of carbonyl (C=O) groups is 2. The van der Waals surface area contributed by atoms with E-state index >= 15 is 0 Å². The van der Waals surface area contributed by atoms with Gasteiger partial charge >= 0.3 is 5.97 Å². The van der Waals surface area contributed by atoms with Crippen molar-refractivity contribution in [3.8, 4) is 0 Å². The largest absolute Gasteiger partial charge is 0.480 e. The summed E-state index contributed by atoms with van der Waals surface area (Å²) >= 11 is 5.38. The highest BCUT2D eigenvalue weighted by atomic mass is 127. The topological polar surface area (TPSA) is 66.8 Å². The van der Waals surface area contributed by atoms with Crippen molar-refractivity contribution in [3.63, 3.8) is 0 Å². The van der Waals surface area contributed by atoms with Crippen LogP contribution in [0.5, 0.6) is 0 Å². The van der Waals surface area contributed by atoms with Crippen LogP contribution in [-0.4, -0.2) is 47.7 Å². The van der Waals surface area contributed by atoms with Crippen molar-refractivity contribution >= 4 is 50.4 Å². The minimum Gasteiger partial charge on any atom is -0.480 e. The first-order valence-corrected chi connectivity index (χ1v) is 7.44. The highest BCUT2D eigenvalue weighted by molar-refractivity contribution is 14.1. The van der Waals surface area contributed by atoms with Gasteiger partial charge in [0.2, 0.25) is 0 Å². The number of nitrogens with zero attached hydrogens (tertiary/aromatic N) is 1. The predicted molar refractivity (Wildman–Crippen MR) is 80.1 cm³/mol. The molecule has 0 aromatic heterocycles. The van der Waals surface area contributed by atoms with Crippen LogP contribution in [0.4, 0.5) is 0 Å². The van der Waals surface area contributed by atoms with Crippen LogP contribution >= 0.6 is 38.5 Å². The zero-order valence-electron chi connectivity index (χ0n) is 9.81. The summed E-state index contributed by atoms with van der Waals surface area (Å²) in [5, 5.41) is 9.14. The summed E-state index contributed by atoms with van der Waals surface area (Å²) in [5.41, 5.74) is 0.503. The van der Waals surface area contributed by atoms with Gasteiger partial charge in [0.05, 0.1) is 18.8 Å². The van der Waals surface area contributed by atoms with Gasteiger partial charge in [0.15, 0.2) is 6.04 Å². The molecule has 1 heterocycles. The summed E-state index contributed by atoms with van der Waals surface area (Å²) in [5.74, 6) is -1.32. The van der Waals surface area contributed by atoms with Gasteiger partial charge < -0.3 is 14.7 Å². The summed E-state index contributed by atoms with van der Waals surface area (Å²) in [6.45, 7) is 0.685. The van der Waals surface area contributed by atoms with Crippen LogP contribution in [0.25, 0.3) is 0 Å². The number of ether oxygens (including phenoxy) is 1. The average molecular weight is 440 g/mol. The Balaban J connectivity index is 2.31. The second-order valence-corrected chi connectivity index (χ2v) is 6.13. The zero-order valence-corrected chi connectivity index (χ0v) is 13.5. The van der Waals surface area contributed by atoms with Gasteiger partial charge in [0.1, 0.15) is 0 Å². The molecule has 1 amide bonds. The lowest BCUT2D eigenvalue weighted by Crippen LogP contribution is -2.52. The fraction of sp³-hybridized carbons (Fsp3) is 0.333. The first kappa shape index (κ1) is 14.7. The van der Waals surface area contributed by atoms with E-state index in [2.05, 4.69) is 38.5 Å². The van der Waals surface area contributed by atoms with Crippen molar-refractivity contribution in [3.05, 3.63) is 31.8 Å². The molecule has 1 aromatic rings. The number of rotatable bonds is 2. The number of hydrogen-bond donors (Lipinski definition) is 1. The highest BCUT2D eigenvalue weighted by Gasteiger charge is 2.33. The Bertz CT molecular complexity index is 522. The number of hydrogen-bond acceptors (Lipinski definition) is 3. The molecule has 1 fully saturated rings. The minimum atomic E-state index is -1.04. The molecule has 5 nitrogen and oxygen atoms in total. The molecule has 19 heavy (non-hydrogen) atoms. The predicted octanol–water partition coefficient (Wildman–Crippen LogP) is 1.98. The van der Waals surface area contributed by atoms with E-state index < -0.39 is 12.0 Å². The number of aliphatic carboxylic acids is 1. The van der Waals surface area contributed by atoms with Gasteiger partial charge in [0.25, 0.3) is 5.91 Å². The molecule has 1 saturated heterocycles. The molecule has 1 N–H and O–H groups in total. The molecular weight excluding hydrogens is 429 g/mol. The van der Waals surface area contributed by atoms with Crippen LogP contribution in [0.1, 0.15) is 10.4 Å². The Hall–Kier alpha value is -0.670. The fourth-order valence-electron chi connectivity index (χ4n) is 1.87. The van der Waals surface area contributed by atoms with Crippen molar-refractivity contribution in [1.29, 1.82) is 0 Å². The summed E-state index contributed by atoms with van der Waals surface area (Å²) in [6.07, 6.45) is 0. The summed E-state index contributed by atoms with van der Waals surface area (Å²) in [6, 6.07) is 4.44. The lowest BCUT2D eigenvalue weighted by Gasteiger charge is -2.33. The second-order valence-electron chi connectivity index (χ2n) is 4.05. The van der Waals surface area contributed by atoms with Crippen molar-refractivity contribution < 1.29 is 19.4 Å². The van der Waals surface area contributed by atoms with Crippen molar-refractivity contribution in [2.75, 3.05) is 19.8 Å². The molecule has 0 spiro atoms. The standard InChI is InChI=1S/C12H11BrINO4/c13-7-1-2-9(14)8(5-7)11(16)15-3-4-19-6-10(15)12(17)18/h1-2,5,10H,3-4,6H2,(H,17,18). The van der Waals surface area contributed by atoms with Gasteiger partial charge in [-0.15, -0.1) is 0 Å². The maximum atomic E-state index is 12.5. The number of carboxylic acid groups (broad SMARTS) is 1. The molecule has 2 rings (SSSR count). The van der Waals surface area contributed by atoms with E-state index in [9.17, 15) is 9.59 Å². The van der Waals surface area contributed by atoms with E-state index in [0.29, 0.717) is 18.7 Å². The Morgan fingerprint density at radius 2 is 2.21 bits per heavy atom. The second kappa shape index (κ2) is 6.19. The molecule has 1 aromatic carbocycles. The maximum Gasteiger partial charge on any atom is 0.328 e. The normalized spacial score (nSPS) is 19.3. The van der Waals surface area contributed by atoms with Gasteiger partial charge in [0, 0.05) is 14.6 Å². The summed E-state index contributed by atoms with van der Waals surface area (Å²) < 4.78 is 6.71. The van der Waals surface area contributed by atoms with E-state index in [0.717, 1.165) is 8.04 Å². The number of halogens is 2. The third-order valence-electron chi connectivity index (χ3n) is 2.83. The van der Waals surface area contributed by atoms with E-state index in [4.69, 9.17) is 9.84 Å². The molecule has 1 atom stereocenters. The van der Waals surface area contributed by atoms with Gasteiger partial charge in [-0.05, 0) is 40.8 Å². The lowest BCUT2D eigenvalue weighted by molar-refractivity contribution is -0.147. The molecule has 0 aliphatic carbocycles. The number of carbonyl (C=O) groups excluding carboxylic acids is 1. The SMILES string of the molecule is O=C(O)C1COCCN1C(=O)c1cc(Br)ccc1I. The van der Waals surface area contributed by atoms with Gasteiger partial charge in [-0.1, -0.05) is 15.9 Å². The quantitative estimate of drug-likeness (QED) is 0.715. The number of amides is 1. The van der Waals surface area contributed by atoms with Crippen LogP contribution in [0.2, 0.25) is 0 Å². The van der Waals surface area contributed by atoms with E-state index in [1.165, 1.54) is 4.90 Å². The van der Waals surface area contributed by atoms with Crippen LogP contribution in [0, 0.1) is 3.57 Å². The van der Waals surface area contributed by atoms with Crippen LogP contribution < -0.4 is 0 Å². The van der Waals surface area contributed by atoms with E-state index in [-0.39, 0.29) is 12.5 Å². The van der Waals surface area contributed by atoms with Crippen molar-refractivity contribution in [2.24, 2.45) is 0 Å². The minimum absolute atomic E-state index is 0.0334. The Labute approximate surface area is 132 Å². The van der Waals surface area contributed by atoms with Gasteiger partial charge in [-0.3, -0.25) is 4.79 Å². The number of benzene rings is 1. The summed E-state index contributed by atoms with van der Waals surface area (Å²) in [7, 11) is 0. The monoisotopic (exact) mass is 439 g/mol. The van der Waals surface area contributed by atoms with Crippen LogP contribution in [0.15, 0.2) is 22.7 Å². The highest BCUT2D eigenvalue weighted by Crippen LogP contribution is 2.21. The van der Waals surface area contributed by atoms with Gasteiger partial charge in [-0.25, -0.2) is 4.79 Å². The first-order chi connectivity index (χ1) is 9.00. The molecule has 0 radical (unpaired) electrons. The molecule has 1 aliphatic heterocycles. The first-order valence-electron chi connectivity index (χ1n) is 5.57. The zero-order chi connectivity index (χ0) is 14.0. The average Bonchev–Trinajstić information content (AvgIpc) is 2.40. The Morgan fingerprint density at radius 3 is 2.89 bits per heavy atom. The van der Waals surface area contributed by atoms with Crippen LogP contribution in [0.3, 0.4) is 0 Å². The van der Waals surface area contributed by atoms with E-state index in [1.807, 2.05) is 12.1 Å². The molecule has 1 unspecified atom stereocenters. The van der Waals surface area contributed by atoms with Crippen LogP contribution in [-0.2, 0) is 9.53 Å². The molecule has 102 valence electrons. The van der Waals surface area contributed by atoms with E-state index in [1.54, 1.807) is 6.07 Å². The van der Waals surface area contributed by atoms with Crippen molar-refractivity contribution in [1.82, 2.24) is 4.90 Å². The van der Waals surface area contributed by atoms with Crippen molar-refractivity contribution in [2.45, 2.75) is 6.04 Å². The summed E-state index contributed by atoms with van der Waals surface area (Å²) in [4.78, 5) is 25.0. The molecule has 0 bridgehead atoms. The number of carboxylic acids is 1. The molecule has 0 saturated carbocycles. The number of morpholine rings is 1. The maximum absolute atomic E-state index is 12.5. The smallest absolute Gasteiger partial charge is 0.328 e. The fourth-order valence-corrected chi connectivity index (χ4v) is 2.79. The third-order valence-corrected chi connectivity index (χ3v) is 4.27. The van der Waals surface area contributed by atoms with Gasteiger partial charge in [-0.2, -0.15) is 0 Å². The lowest BCUT2D eigenvalue weighted by atomic mass is 10.1. The Morgan fingerprint density at radius 1 is 1.47 bits per heavy atom. The third kappa shape index (κ3) is 3.26. The Kier molecular flexibility index (Phi) is 4.80. The molecular formula is C12H11BrINO4. The molecule has 7 heteroatoms.